The molecule has 0 saturated heterocycles. The summed E-state index contributed by atoms with van der Waals surface area (Å²) in [5.74, 6) is 0.542. The zero-order chi connectivity index (χ0) is 19.6. The molecule has 0 aliphatic carbocycles. The van der Waals surface area contributed by atoms with Gasteiger partial charge in [0.25, 0.3) is 0 Å². The molecule has 2 amide bonds. The van der Waals surface area contributed by atoms with E-state index in [1.165, 1.54) is 0 Å². The molecule has 1 atom stereocenters. The number of hydrogen-bond donors (Lipinski definition) is 1. The van der Waals surface area contributed by atoms with Crippen LogP contribution in [0.4, 0.5) is 0 Å². The fourth-order valence-electron chi connectivity index (χ4n) is 2.61. The maximum atomic E-state index is 12.9. The summed E-state index contributed by atoms with van der Waals surface area (Å²) in [4.78, 5) is 28.0. The van der Waals surface area contributed by atoms with E-state index in [2.05, 4.69) is 21.2 Å². The first-order chi connectivity index (χ1) is 13.0. The SMILES string of the molecule is CCNC(=O)[C@H](C)N(Cc1ccc(Br)cc1)C(=O)CCSc1ccccc1. The largest absolute Gasteiger partial charge is 0.355 e. The molecule has 27 heavy (non-hydrogen) atoms. The third-order valence-corrected chi connectivity index (χ3v) is 5.65. The Morgan fingerprint density at radius 1 is 1.11 bits per heavy atom. The third kappa shape index (κ3) is 7.03. The Morgan fingerprint density at radius 3 is 2.41 bits per heavy atom. The molecule has 0 aliphatic rings. The lowest BCUT2D eigenvalue weighted by Gasteiger charge is -2.28. The first-order valence-electron chi connectivity index (χ1n) is 9.00. The van der Waals surface area contributed by atoms with Gasteiger partial charge in [0.15, 0.2) is 0 Å². The van der Waals surface area contributed by atoms with E-state index in [1.54, 1.807) is 23.6 Å². The van der Waals surface area contributed by atoms with Gasteiger partial charge in [-0.2, -0.15) is 0 Å². The van der Waals surface area contributed by atoms with Crippen molar-refractivity contribution in [3.63, 3.8) is 0 Å². The van der Waals surface area contributed by atoms with Gasteiger partial charge in [0.2, 0.25) is 11.8 Å². The molecule has 144 valence electrons. The van der Waals surface area contributed by atoms with Crippen LogP contribution in [-0.4, -0.2) is 35.1 Å². The van der Waals surface area contributed by atoms with Crippen molar-refractivity contribution in [2.45, 2.75) is 37.8 Å². The van der Waals surface area contributed by atoms with Crippen molar-refractivity contribution in [3.8, 4) is 0 Å². The Morgan fingerprint density at radius 2 is 1.78 bits per heavy atom. The molecular weight excluding hydrogens is 424 g/mol. The van der Waals surface area contributed by atoms with Crippen LogP contribution in [0.5, 0.6) is 0 Å². The maximum absolute atomic E-state index is 12.9. The van der Waals surface area contributed by atoms with Crippen molar-refractivity contribution < 1.29 is 9.59 Å². The molecule has 0 radical (unpaired) electrons. The molecule has 0 bridgehead atoms. The normalized spacial score (nSPS) is 11.7. The van der Waals surface area contributed by atoms with Crippen LogP contribution in [0, 0.1) is 0 Å². The Balaban J connectivity index is 2.03. The number of thioether (sulfide) groups is 1. The van der Waals surface area contributed by atoms with Gasteiger partial charge in [0, 0.05) is 34.6 Å². The monoisotopic (exact) mass is 448 g/mol. The van der Waals surface area contributed by atoms with E-state index in [0.717, 1.165) is 14.9 Å². The number of nitrogens with one attached hydrogen (secondary N) is 1. The second kappa shape index (κ2) is 11.1. The summed E-state index contributed by atoms with van der Waals surface area (Å²) in [5.41, 5.74) is 0.999. The topological polar surface area (TPSA) is 49.4 Å². The molecule has 6 heteroatoms. The fourth-order valence-corrected chi connectivity index (χ4v) is 3.73. The Kier molecular flexibility index (Phi) is 8.88. The summed E-state index contributed by atoms with van der Waals surface area (Å²) < 4.78 is 0.986. The van der Waals surface area contributed by atoms with Gasteiger partial charge in [0.1, 0.15) is 6.04 Å². The van der Waals surface area contributed by atoms with Gasteiger partial charge in [0.05, 0.1) is 0 Å². The zero-order valence-electron chi connectivity index (χ0n) is 15.7. The van der Waals surface area contributed by atoms with Gasteiger partial charge in [-0.05, 0) is 43.7 Å². The van der Waals surface area contributed by atoms with Crippen LogP contribution in [-0.2, 0) is 16.1 Å². The zero-order valence-corrected chi connectivity index (χ0v) is 18.1. The number of carbonyl (C=O) groups is 2. The quantitative estimate of drug-likeness (QED) is 0.575. The highest BCUT2D eigenvalue weighted by Gasteiger charge is 2.25. The molecule has 0 aliphatic heterocycles. The van der Waals surface area contributed by atoms with Gasteiger partial charge in [-0.3, -0.25) is 9.59 Å². The number of hydrogen-bond acceptors (Lipinski definition) is 3. The molecule has 0 unspecified atom stereocenters. The number of nitrogens with zero attached hydrogens (tertiary/aromatic N) is 1. The summed E-state index contributed by atoms with van der Waals surface area (Å²) in [6.07, 6.45) is 0.389. The minimum Gasteiger partial charge on any atom is -0.355 e. The Bertz CT molecular complexity index is 738. The van der Waals surface area contributed by atoms with E-state index in [1.807, 2.05) is 61.5 Å². The molecule has 0 saturated carbocycles. The molecule has 4 nitrogen and oxygen atoms in total. The predicted octanol–water partition coefficient (Wildman–Crippen LogP) is 4.48. The van der Waals surface area contributed by atoms with Crippen molar-refractivity contribution in [2.75, 3.05) is 12.3 Å². The highest BCUT2D eigenvalue weighted by molar-refractivity contribution is 9.10. The number of likely N-dealkylation sites (N-methyl/N-ethyl adjacent to an activating group) is 1. The molecule has 0 heterocycles. The van der Waals surface area contributed by atoms with Crippen LogP contribution < -0.4 is 5.32 Å². The summed E-state index contributed by atoms with van der Waals surface area (Å²) in [7, 11) is 0. The van der Waals surface area contributed by atoms with E-state index in [4.69, 9.17) is 0 Å². The average Bonchev–Trinajstić information content (AvgIpc) is 2.68. The summed E-state index contributed by atoms with van der Waals surface area (Å²) in [5, 5.41) is 2.81. The van der Waals surface area contributed by atoms with E-state index in [0.29, 0.717) is 25.3 Å². The minimum atomic E-state index is -0.511. The predicted molar refractivity (Wildman–Crippen MR) is 115 cm³/mol. The molecule has 2 aromatic rings. The minimum absolute atomic E-state index is 0.0138. The van der Waals surface area contributed by atoms with Crippen LogP contribution in [0.2, 0.25) is 0 Å². The van der Waals surface area contributed by atoms with Gasteiger partial charge in [-0.15, -0.1) is 11.8 Å². The van der Waals surface area contributed by atoms with Crippen molar-refractivity contribution in [3.05, 3.63) is 64.6 Å². The lowest BCUT2D eigenvalue weighted by Crippen LogP contribution is -2.47. The summed E-state index contributed by atoms with van der Waals surface area (Å²) in [6, 6.07) is 17.3. The fraction of sp³-hybridized carbons (Fsp3) is 0.333. The van der Waals surface area contributed by atoms with Crippen molar-refractivity contribution in [1.82, 2.24) is 10.2 Å². The summed E-state index contributed by atoms with van der Waals surface area (Å²) >= 11 is 5.07. The molecule has 1 N–H and O–H groups in total. The standard InChI is InChI=1S/C21H25BrN2O2S/c1-3-23-21(26)16(2)24(15-17-9-11-18(22)12-10-17)20(25)13-14-27-19-7-5-4-6-8-19/h4-12,16H,3,13-15H2,1-2H3,(H,23,26)/t16-/m0/s1. The van der Waals surface area contributed by atoms with E-state index < -0.39 is 6.04 Å². The average molecular weight is 449 g/mol. The Labute approximate surface area is 173 Å². The molecule has 2 aromatic carbocycles. The van der Waals surface area contributed by atoms with Gasteiger partial charge < -0.3 is 10.2 Å². The van der Waals surface area contributed by atoms with Crippen LogP contribution in [0.15, 0.2) is 64.0 Å². The van der Waals surface area contributed by atoms with Crippen LogP contribution in [0.25, 0.3) is 0 Å². The highest BCUT2D eigenvalue weighted by atomic mass is 79.9. The van der Waals surface area contributed by atoms with Crippen LogP contribution >= 0.6 is 27.7 Å². The first-order valence-corrected chi connectivity index (χ1v) is 10.8. The van der Waals surface area contributed by atoms with E-state index in [9.17, 15) is 9.59 Å². The number of halogens is 1. The highest BCUT2D eigenvalue weighted by Crippen LogP contribution is 2.20. The molecule has 0 aromatic heterocycles. The van der Waals surface area contributed by atoms with Gasteiger partial charge in [-0.25, -0.2) is 0 Å². The maximum Gasteiger partial charge on any atom is 0.242 e. The number of benzene rings is 2. The Hall–Kier alpha value is -1.79. The van der Waals surface area contributed by atoms with E-state index >= 15 is 0 Å². The van der Waals surface area contributed by atoms with Crippen LogP contribution in [0.3, 0.4) is 0 Å². The van der Waals surface area contributed by atoms with Gasteiger partial charge >= 0.3 is 0 Å². The second-order valence-electron chi connectivity index (χ2n) is 6.13. The number of amides is 2. The second-order valence-corrected chi connectivity index (χ2v) is 8.21. The molecular formula is C21H25BrN2O2S. The number of rotatable bonds is 9. The third-order valence-electron chi connectivity index (χ3n) is 4.11. The van der Waals surface area contributed by atoms with Crippen molar-refractivity contribution in [1.29, 1.82) is 0 Å². The van der Waals surface area contributed by atoms with E-state index in [-0.39, 0.29) is 11.8 Å². The summed E-state index contributed by atoms with van der Waals surface area (Å²) in [6.45, 7) is 4.63. The first kappa shape index (κ1) is 21.5. The van der Waals surface area contributed by atoms with Crippen molar-refractivity contribution >= 4 is 39.5 Å². The molecule has 0 fully saturated rings. The lowest BCUT2D eigenvalue weighted by atomic mass is 10.1. The molecule has 2 rings (SSSR count). The van der Waals surface area contributed by atoms with Crippen molar-refractivity contribution in [2.24, 2.45) is 0 Å². The number of carbonyl (C=O) groups excluding carboxylic acids is 2. The van der Waals surface area contributed by atoms with Gasteiger partial charge in [-0.1, -0.05) is 46.3 Å². The molecule has 0 spiro atoms. The van der Waals surface area contributed by atoms with Crippen LogP contribution in [0.1, 0.15) is 25.8 Å². The lowest BCUT2D eigenvalue weighted by molar-refractivity contribution is -0.140. The smallest absolute Gasteiger partial charge is 0.242 e.